The predicted octanol–water partition coefficient (Wildman–Crippen LogP) is 16.9. The highest BCUT2D eigenvalue weighted by Crippen LogP contribution is 2.49. The Bertz CT molecular complexity index is 3840. The van der Waals surface area contributed by atoms with E-state index in [0.717, 1.165) is 105 Å². The molecule has 0 saturated heterocycles. The molecule has 0 unspecified atom stereocenters. The third-order valence-electron chi connectivity index (χ3n) is 13.1. The number of halogens is 4. The molecule has 310 valence electrons. The van der Waals surface area contributed by atoms with Crippen LogP contribution in [0.5, 0.6) is 0 Å². The summed E-state index contributed by atoms with van der Waals surface area (Å²) in [7, 11) is 0. The number of para-hydroxylation sites is 4. The molecule has 0 N–H and O–H groups in total. The van der Waals surface area contributed by atoms with Crippen LogP contribution in [0.15, 0.2) is 188 Å². The van der Waals surface area contributed by atoms with Gasteiger partial charge in [-0.2, -0.15) is 10.5 Å². The van der Waals surface area contributed by atoms with Crippen molar-refractivity contribution < 1.29 is 0 Å². The maximum Gasteiger partial charge on any atom is 0.104 e. The number of fused-ring (bicyclic) bond motifs is 12. The highest BCUT2D eigenvalue weighted by atomic mass is 79.9. The zero-order chi connectivity index (χ0) is 44.5. The minimum absolute atomic E-state index is 0.404. The van der Waals surface area contributed by atoms with Crippen LogP contribution in [-0.2, 0) is 0 Å². The first-order valence-electron chi connectivity index (χ1n) is 21.1. The second-order valence-electron chi connectivity index (χ2n) is 16.4. The first-order chi connectivity index (χ1) is 32.3. The summed E-state index contributed by atoms with van der Waals surface area (Å²) in [6, 6.07) is 64.2. The Balaban J connectivity index is 1.38. The molecule has 0 aliphatic rings. The van der Waals surface area contributed by atoms with Gasteiger partial charge in [-0.3, -0.25) is 0 Å². The van der Waals surface area contributed by atoms with Gasteiger partial charge in [-0.1, -0.05) is 137 Å². The Morgan fingerprint density at radius 3 is 0.712 bits per heavy atom. The van der Waals surface area contributed by atoms with E-state index < -0.39 is 0 Å². The fourth-order valence-corrected chi connectivity index (χ4v) is 12.0. The molecule has 0 bridgehead atoms. The van der Waals surface area contributed by atoms with Crippen LogP contribution in [0.25, 0.3) is 110 Å². The monoisotopic (exact) mass is 1100 g/mol. The molecule has 0 saturated carbocycles. The molecule has 6 nitrogen and oxygen atoms in total. The van der Waals surface area contributed by atoms with Crippen LogP contribution in [0.3, 0.4) is 0 Å². The van der Waals surface area contributed by atoms with Crippen molar-refractivity contribution in [3.63, 3.8) is 0 Å². The molecule has 0 aliphatic heterocycles. The standard InChI is InChI=1S/C56H28Br4N6/c57-31-17-21-49-39(25-31)35-9-1-5-13-45(35)63(49)53-43(29-61)55(65-47-15-7-3-11-37(47)41-27-33(59)19-23-51(41)65)56(66-48-16-8-4-12-38(48)42-28-34(60)20-24-52(42)66)44(30-62)54(53)64-46-14-6-2-10-36(46)40-26-32(58)18-22-50(40)64/h1-28H. The van der Waals surface area contributed by atoms with Crippen molar-refractivity contribution in [2.75, 3.05) is 0 Å². The van der Waals surface area contributed by atoms with Gasteiger partial charge in [0.2, 0.25) is 0 Å². The van der Waals surface area contributed by atoms with Crippen LogP contribution in [0, 0.1) is 22.7 Å². The Kier molecular flexibility index (Phi) is 8.84. The van der Waals surface area contributed by atoms with Gasteiger partial charge < -0.3 is 18.3 Å². The molecule has 0 radical (unpaired) electrons. The molecule has 66 heavy (non-hydrogen) atoms. The van der Waals surface area contributed by atoms with E-state index in [0.29, 0.717) is 33.9 Å². The summed E-state index contributed by atoms with van der Waals surface area (Å²) in [4.78, 5) is 0. The number of nitrogens with zero attached hydrogens (tertiary/aromatic N) is 6. The summed E-state index contributed by atoms with van der Waals surface area (Å²) in [5, 5.41) is 32.9. The van der Waals surface area contributed by atoms with Gasteiger partial charge in [0, 0.05) is 61.0 Å². The topological polar surface area (TPSA) is 67.3 Å². The predicted molar refractivity (Wildman–Crippen MR) is 284 cm³/mol. The normalized spacial score (nSPS) is 11.9. The Morgan fingerprint density at radius 1 is 0.273 bits per heavy atom. The highest BCUT2D eigenvalue weighted by molar-refractivity contribution is 9.11. The van der Waals surface area contributed by atoms with E-state index in [-0.39, 0.29) is 0 Å². The van der Waals surface area contributed by atoms with Crippen molar-refractivity contribution in [3.8, 4) is 34.9 Å². The van der Waals surface area contributed by atoms with Crippen LogP contribution in [0.4, 0.5) is 0 Å². The van der Waals surface area contributed by atoms with Crippen molar-refractivity contribution in [2.45, 2.75) is 0 Å². The second-order valence-corrected chi connectivity index (χ2v) is 20.1. The van der Waals surface area contributed by atoms with E-state index in [9.17, 15) is 10.5 Å². The number of rotatable bonds is 4. The van der Waals surface area contributed by atoms with Gasteiger partial charge in [0.15, 0.2) is 0 Å². The lowest BCUT2D eigenvalue weighted by Gasteiger charge is -2.27. The lowest BCUT2D eigenvalue weighted by molar-refractivity contribution is 1.02. The number of hydrogen-bond acceptors (Lipinski definition) is 2. The average Bonchev–Trinajstić information content (AvgIpc) is 4.05. The zero-order valence-electron chi connectivity index (χ0n) is 34.4. The number of benzene rings is 9. The molecule has 13 rings (SSSR count). The molecule has 13 aromatic rings. The largest absolute Gasteiger partial charge is 0.306 e. The van der Waals surface area contributed by atoms with E-state index in [2.05, 4.69) is 215 Å². The van der Waals surface area contributed by atoms with Crippen molar-refractivity contribution in [1.29, 1.82) is 10.5 Å². The SMILES string of the molecule is N#Cc1c(-n2c3ccccc3c3cc(Br)ccc32)c(-n2c3ccccc3c3cc(Br)ccc32)c(C#N)c(-n2c3ccccc3c3cc(Br)ccc32)c1-n1c2ccccc2c2cc(Br)ccc21. The number of aromatic nitrogens is 4. The van der Waals surface area contributed by atoms with Gasteiger partial charge in [0.05, 0.1) is 66.9 Å². The van der Waals surface area contributed by atoms with Crippen LogP contribution < -0.4 is 0 Å². The molecule has 0 fully saturated rings. The molecular formula is C56H28Br4N6. The molecule has 10 heteroatoms. The third-order valence-corrected chi connectivity index (χ3v) is 15.0. The van der Waals surface area contributed by atoms with Crippen molar-refractivity contribution in [3.05, 3.63) is 199 Å². The van der Waals surface area contributed by atoms with E-state index in [1.807, 2.05) is 48.5 Å². The van der Waals surface area contributed by atoms with Gasteiger partial charge in [-0.15, -0.1) is 0 Å². The fraction of sp³-hybridized carbons (Fsp3) is 0. The van der Waals surface area contributed by atoms with Crippen molar-refractivity contribution in [2.24, 2.45) is 0 Å². The maximum atomic E-state index is 12.4. The summed E-state index contributed by atoms with van der Waals surface area (Å²) < 4.78 is 12.6. The molecule has 4 aromatic heterocycles. The quantitative estimate of drug-likeness (QED) is 0.176. The summed E-state index contributed by atoms with van der Waals surface area (Å²) >= 11 is 15.1. The Labute approximate surface area is 410 Å². The minimum Gasteiger partial charge on any atom is -0.306 e. The smallest absolute Gasteiger partial charge is 0.104 e. The van der Waals surface area contributed by atoms with Gasteiger partial charge in [0.25, 0.3) is 0 Å². The molecule has 9 aromatic carbocycles. The summed E-state index contributed by atoms with van der Waals surface area (Å²) in [5.74, 6) is 0. The summed E-state index contributed by atoms with van der Waals surface area (Å²) in [5.41, 5.74) is 10.4. The average molecular weight is 1100 g/mol. The van der Waals surface area contributed by atoms with Crippen LogP contribution in [0.1, 0.15) is 11.1 Å². The van der Waals surface area contributed by atoms with Crippen molar-refractivity contribution in [1.82, 2.24) is 18.3 Å². The van der Waals surface area contributed by atoms with Crippen LogP contribution >= 0.6 is 63.7 Å². The molecule has 4 heterocycles. The first-order valence-corrected chi connectivity index (χ1v) is 24.3. The van der Waals surface area contributed by atoms with Crippen LogP contribution in [-0.4, -0.2) is 18.3 Å². The number of nitriles is 2. The summed E-state index contributed by atoms with van der Waals surface area (Å²) in [6.45, 7) is 0. The van der Waals surface area contributed by atoms with E-state index in [4.69, 9.17) is 0 Å². The van der Waals surface area contributed by atoms with Crippen LogP contribution in [0.2, 0.25) is 0 Å². The van der Waals surface area contributed by atoms with Gasteiger partial charge in [0.1, 0.15) is 23.3 Å². The number of hydrogen-bond donors (Lipinski definition) is 0. The molecule has 0 amide bonds. The van der Waals surface area contributed by atoms with E-state index in [1.54, 1.807) is 0 Å². The van der Waals surface area contributed by atoms with E-state index >= 15 is 0 Å². The lowest BCUT2D eigenvalue weighted by Crippen LogP contribution is -2.16. The molecule has 0 atom stereocenters. The Hall–Kier alpha value is -6.92. The third kappa shape index (κ3) is 5.47. The second kappa shape index (κ2) is 14.8. The van der Waals surface area contributed by atoms with Gasteiger partial charge >= 0.3 is 0 Å². The lowest BCUT2D eigenvalue weighted by atomic mass is 9.98. The highest BCUT2D eigenvalue weighted by Gasteiger charge is 2.34. The molecular weight excluding hydrogens is 1080 g/mol. The zero-order valence-corrected chi connectivity index (χ0v) is 40.7. The molecule has 0 aliphatic carbocycles. The Morgan fingerprint density at radius 2 is 0.485 bits per heavy atom. The van der Waals surface area contributed by atoms with Crippen molar-refractivity contribution >= 4 is 151 Å². The minimum atomic E-state index is 0.404. The maximum absolute atomic E-state index is 12.4. The van der Waals surface area contributed by atoms with Gasteiger partial charge in [-0.25, -0.2) is 0 Å². The molecule has 0 spiro atoms. The van der Waals surface area contributed by atoms with E-state index in [1.165, 1.54) is 0 Å². The first kappa shape index (κ1) is 39.4. The van der Waals surface area contributed by atoms with Gasteiger partial charge in [-0.05, 0) is 97.1 Å². The fourth-order valence-electron chi connectivity index (χ4n) is 10.5. The summed E-state index contributed by atoms with van der Waals surface area (Å²) in [6.07, 6.45) is 0.